The molecule has 3 saturated heterocycles. The molecule has 2 bridgehead atoms. The molecule has 4 aliphatic rings. The van der Waals surface area contributed by atoms with Crippen LogP contribution in [-0.4, -0.2) is 37.7 Å². The van der Waals surface area contributed by atoms with Crippen LogP contribution in [0.25, 0.3) is 0 Å². The van der Waals surface area contributed by atoms with Crippen LogP contribution in [0.3, 0.4) is 0 Å². The van der Waals surface area contributed by atoms with E-state index in [1.807, 2.05) is 11.8 Å². The van der Waals surface area contributed by atoms with Crippen molar-refractivity contribution in [2.75, 3.05) is 31.6 Å². The van der Waals surface area contributed by atoms with Gasteiger partial charge in [0.1, 0.15) is 0 Å². The van der Waals surface area contributed by atoms with E-state index in [1.54, 1.807) is 0 Å². The Labute approximate surface area is 154 Å². The molecule has 2 aromatic carbocycles. The smallest absolute Gasteiger partial charge is 0.0735 e. The van der Waals surface area contributed by atoms with Gasteiger partial charge >= 0.3 is 0 Å². The zero-order valence-electron chi connectivity index (χ0n) is 14.6. The fourth-order valence-corrected chi connectivity index (χ4v) is 5.59. The molecule has 0 N–H and O–H groups in total. The first-order valence-corrected chi connectivity index (χ1v) is 10.1. The summed E-state index contributed by atoms with van der Waals surface area (Å²) in [5.74, 6) is 0.773. The summed E-state index contributed by atoms with van der Waals surface area (Å²) in [6.45, 7) is 4.40. The van der Waals surface area contributed by atoms with Crippen LogP contribution in [0.2, 0.25) is 0 Å². The minimum Gasteiger partial charge on any atom is -0.372 e. The Morgan fingerprint density at radius 3 is 2.64 bits per heavy atom. The Kier molecular flexibility index (Phi) is 4.00. The number of hydrogen-bond donors (Lipinski definition) is 0. The lowest BCUT2D eigenvalue weighted by Crippen LogP contribution is -2.51. The summed E-state index contributed by atoms with van der Waals surface area (Å²) in [4.78, 5) is 7.50. The number of nitrogens with zero attached hydrogens (tertiary/aromatic N) is 2. The first-order chi connectivity index (χ1) is 12.3. The first kappa shape index (κ1) is 15.7. The second kappa shape index (κ2) is 6.35. The lowest BCUT2D eigenvalue weighted by Gasteiger charge is -2.44. The van der Waals surface area contributed by atoms with Crippen molar-refractivity contribution >= 4 is 23.1 Å². The maximum Gasteiger partial charge on any atom is 0.0735 e. The lowest BCUT2D eigenvalue weighted by molar-refractivity contribution is -0.0766. The average Bonchev–Trinajstić information content (AvgIpc) is 2.67. The van der Waals surface area contributed by atoms with Gasteiger partial charge in [-0.25, -0.2) is 0 Å². The maximum atomic E-state index is 6.33. The zero-order valence-corrected chi connectivity index (χ0v) is 15.5. The van der Waals surface area contributed by atoms with Crippen LogP contribution in [0, 0.1) is 5.92 Å². The number of hydrogen-bond acceptors (Lipinski definition) is 4. The fourth-order valence-electron chi connectivity index (χ4n) is 4.38. The van der Waals surface area contributed by atoms with E-state index in [0.717, 1.165) is 19.1 Å². The van der Waals surface area contributed by atoms with Gasteiger partial charge in [-0.05, 0) is 61.7 Å². The molecule has 3 nitrogen and oxygen atoms in total. The lowest BCUT2D eigenvalue weighted by atomic mass is 9.86. The summed E-state index contributed by atoms with van der Waals surface area (Å²) >= 11 is 1.87. The zero-order chi connectivity index (χ0) is 16.8. The molecule has 1 atom stereocenters. The van der Waals surface area contributed by atoms with Crippen molar-refractivity contribution in [1.82, 2.24) is 4.90 Å². The van der Waals surface area contributed by atoms with E-state index in [9.17, 15) is 0 Å². The van der Waals surface area contributed by atoms with Crippen molar-refractivity contribution in [3.8, 4) is 0 Å². The van der Waals surface area contributed by atoms with E-state index in [1.165, 1.54) is 52.7 Å². The molecule has 4 heterocycles. The molecule has 2 aromatic rings. The van der Waals surface area contributed by atoms with Crippen molar-refractivity contribution in [2.45, 2.75) is 35.3 Å². The van der Waals surface area contributed by atoms with Crippen LogP contribution in [0.1, 0.15) is 18.4 Å². The third kappa shape index (κ3) is 2.86. The van der Waals surface area contributed by atoms with Crippen molar-refractivity contribution in [3.63, 3.8) is 0 Å². The highest BCUT2D eigenvalue weighted by Gasteiger charge is 2.34. The number of rotatable bonds is 3. The van der Waals surface area contributed by atoms with Gasteiger partial charge in [0.05, 0.1) is 24.1 Å². The number of anilines is 2. The average molecular weight is 353 g/mol. The second-order valence-corrected chi connectivity index (χ2v) is 8.50. The molecule has 1 unspecified atom stereocenters. The van der Waals surface area contributed by atoms with Crippen LogP contribution in [0.5, 0.6) is 0 Å². The van der Waals surface area contributed by atoms with E-state index in [2.05, 4.69) is 59.3 Å². The van der Waals surface area contributed by atoms with Crippen LogP contribution in [0.4, 0.5) is 11.4 Å². The third-order valence-electron chi connectivity index (χ3n) is 5.89. The van der Waals surface area contributed by atoms with Crippen LogP contribution in [0.15, 0.2) is 52.3 Å². The number of para-hydroxylation sites is 1. The highest BCUT2D eigenvalue weighted by molar-refractivity contribution is 7.99. The molecule has 130 valence electrons. The van der Waals surface area contributed by atoms with Gasteiger partial charge in [-0.3, -0.25) is 0 Å². The maximum absolute atomic E-state index is 6.33. The molecule has 0 amide bonds. The molecular weight excluding hydrogens is 328 g/mol. The highest BCUT2D eigenvalue weighted by atomic mass is 32.2. The molecule has 4 aliphatic heterocycles. The van der Waals surface area contributed by atoms with Crippen LogP contribution in [-0.2, 0) is 11.3 Å². The van der Waals surface area contributed by atoms with Gasteiger partial charge in [0.25, 0.3) is 0 Å². The quantitative estimate of drug-likeness (QED) is 0.806. The van der Waals surface area contributed by atoms with Crippen molar-refractivity contribution in [3.05, 3.63) is 48.0 Å². The minimum atomic E-state index is 0.426. The summed E-state index contributed by atoms with van der Waals surface area (Å²) in [6.07, 6.45) is 3.05. The second-order valence-electron chi connectivity index (χ2n) is 7.42. The molecule has 0 spiro atoms. The summed E-state index contributed by atoms with van der Waals surface area (Å²) in [5, 5.41) is 0. The Morgan fingerprint density at radius 1 is 1.04 bits per heavy atom. The van der Waals surface area contributed by atoms with E-state index in [4.69, 9.17) is 4.74 Å². The predicted molar refractivity (Wildman–Crippen MR) is 103 cm³/mol. The van der Waals surface area contributed by atoms with Gasteiger partial charge in [-0.15, -0.1) is 0 Å². The molecule has 0 aromatic heterocycles. The Morgan fingerprint density at radius 2 is 1.84 bits per heavy atom. The van der Waals surface area contributed by atoms with Crippen LogP contribution < -0.4 is 4.90 Å². The Bertz CT molecular complexity index is 785. The van der Waals surface area contributed by atoms with E-state index < -0.39 is 0 Å². The van der Waals surface area contributed by atoms with Gasteiger partial charge in [0, 0.05) is 23.4 Å². The standard InChI is InChI=1S/C21H24N2OS/c1-22-17-4-2-3-5-20(17)25-21-12-15(6-7-18(21)22)14-24-19-13-23-10-8-16(19)9-11-23/h2-7,12,16,19H,8-11,13-14H2,1H3. The molecule has 0 radical (unpaired) electrons. The predicted octanol–water partition coefficient (Wildman–Crippen LogP) is 4.53. The molecule has 4 heteroatoms. The monoisotopic (exact) mass is 352 g/mol. The molecule has 3 fully saturated rings. The fraction of sp³-hybridized carbons (Fsp3) is 0.429. The number of benzene rings is 2. The molecule has 25 heavy (non-hydrogen) atoms. The van der Waals surface area contributed by atoms with Gasteiger partial charge in [-0.1, -0.05) is 30.0 Å². The summed E-state index contributed by atoms with van der Waals surface area (Å²) < 4.78 is 6.33. The molecule has 6 rings (SSSR count). The summed E-state index contributed by atoms with van der Waals surface area (Å²) in [5.41, 5.74) is 3.86. The van der Waals surface area contributed by atoms with Gasteiger partial charge in [-0.2, -0.15) is 0 Å². The number of piperidine rings is 3. The van der Waals surface area contributed by atoms with Crippen molar-refractivity contribution in [2.24, 2.45) is 5.92 Å². The van der Waals surface area contributed by atoms with Crippen LogP contribution >= 0.6 is 11.8 Å². The van der Waals surface area contributed by atoms with Gasteiger partial charge < -0.3 is 14.5 Å². The van der Waals surface area contributed by atoms with E-state index >= 15 is 0 Å². The Balaban J connectivity index is 1.32. The summed E-state index contributed by atoms with van der Waals surface area (Å²) in [6, 6.07) is 15.4. The van der Waals surface area contributed by atoms with E-state index in [0.29, 0.717) is 6.10 Å². The SMILES string of the molecule is CN1c2ccccc2Sc2cc(COC3CN4CCC3CC4)ccc21. The van der Waals surface area contributed by atoms with Gasteiger partial charge in [0.2, 0.25) is 0 Å². The topological polar surface area (TPSA) is 15.7 Å². The molecule has 0 saturated carbocycles. The minimum absolute atomic E-state index is 0.426. The number of fused-ring (bicyclic) bond motifs is 5. The van der Waals surface area contributed by atoms with E-state index in [-0.39, 0.29) is 0 Å². The van der Waals surface area contributed by atoms with Gasteiger partial charge in [0.15, 0.2) is 0 Å². The Hall–Kier alpha value is -1.49. The number of ether oxygens (including phenoxy) is 1. The summed E-state index contributed by atoms with van der Waals surface area (Å²) in [7, 11) is 2.15. The molecular formula is C21H24N2OS. The third-order valence-corrected chi connectivity index (χ3v) is 7.00. The first-order valence-electron chi connectivity index (χ1n) is 9.25. The molecule has 0 aliphatic carbocycles. The van der Waals surface area contributed by atoms with Crippen molar-refractivity contribution < 1.29 is 4.74 Å². The largest absolute Gasteiger partial charge is 0.372 e. The normalized spacial score (nSPS) is 27.1. The highest BCUT2D eigenvalue weighted by Crippen LogP contribution is 2.47. The van der Waals surface area contributed by atoms with Crippen molar-refractivity contribution in [1.29, 1.82) is 0 Å².